The molecule has 2 aromatic heterocycles. The highest BCUT2D eigenvalue weighted by Crippen LogP contribution is 2.35. The normalized spacial score (nSPS) is 13.2. The molecule has 0 saturated heterocycles. The highest BCUT2D eigenvalue weighted by Gasteiger charge is 2.24. The SMILES string of the molecule is CCCCNc1cc(N2CCCc3cc(C(C)C)c(C=O)nc32)ncc1C#N. The number of hydrogen-bond donors (Lipinski definition) is 1. The number of aromatic nitrogens is 2. The summed E-state index contributed by atoms with van der Waals surface area (Å²) in [7, 11) is 0. The number of carbonyl (C=O) groups is 1. The molecule has 3 rings (SSSR count). The van der Waals surface area contributed by atoms with E-state index in [-0.39, 0.29) is 5.92 Å². The quantitative estimate of drug-likeness (QED) is 0.562. The van der Waals surface area contributed by atoms with Gasteiger partial charge in [-0.2, -0.15) is 5.26 Å². The Bertz CT molecular complexity index is 901. The predicted octanol–water partition coefficient (Wildman–Crippen LogP) is 4.58. The third-order valence-electron chi connectivity index (χ3n) is 5.09. The standard InChI is InChI=1S/C22H27N5O/c1-4-5-8-24-19-11-21(25-13-17(19)12-23)27-9-6-7-16-10-18(15(2)3)20(14-28)26-22(16)27/h10-11,13-15H,4-9H2,1-3H3,(H,24,25). The molecule has 1 N–H and O–H groups in total. The van der Waals surface area contributed by atoms with Crippen molar-refractivity contribution < 1.29 is 4.79 Å². The lowest BCUT2D eigenvalue weighted by molar-refractivity contribution is 0.111. The summed E-state index contributed by atoms with van der Waals surface area (Å²) in [6.45, 7) is 7.89. The summed E-state index contributed by atoms with van der Waals surface area (Å²) in [5.74, 6) is 1.80. The van der Waals surface area contributed by atoms with E-state index in [1.165, 1.54) is 0 Å². The zero-order chi connectivity index (χ0) is 20.1. The lowest BCUT2D eigenvalue weighted by atomic mass is 9.96. The van der Waals surface area contributed by atoms with Gasteiger partial charge in [-0.15, -0.1) is 0 Å². The summed E-state index contributed by atoms with van der Waals surface area (Å²) in [5.41, 5.74) is 3.96. The largest absolute Gasteiger partial charge is 0.384 e. The first-order valence-corrected chi connectivity index (χ1v) is 9.99. The first-order valence-electron chi connectivity index (χ1n) is 9.99. The van der Waals surface area contributed by atoms with E-state index in [0.717, 1.165) is 73.5 Å². The third kappa shape index (κ3) is 3.99. The van der Waals surface area contributed by atoms with E-state index in [2.05, 4.69) is 48.1 Å². The third-order valence-corrected chi connectivity index (χ3v) is 5.09. The van der Waals surface area contributed by atoms with Gasteiger partial charge in [0.2, 0.25) is 0 Å². The van der Waals surface area contributed by atoms with Crippen molar-refractivity contribution in [2.75, 3.05) is 23.3 Å². The van der Waals surface area contributed by atoms with Gasteiger partial charge >= 0.3 is 0 Å². The van der Waals surface area contributed by atoms with Crippen LogP contribution in [0.3, 0.4) is 0 Å². The van der Waals surface area contributed by atoms with Gasteiger partial charge in [0.1, 0.15) is 23.4 Å². The van der Waals surface area contributed by atoms with E-state index < -0.39 is 0 Å². The molecular weight excluding hydrogens is 350 g/mol. The number of pyridine rings is 2. The topological polar surface area (TPSA) is 81.9 Å². The molecule has 0 spiro atoms. The molecule has 6 nitrogen and oxygen atoms in total. The Morgan fingerprint density at radius 3 is 2.89 bits per heavy atom. The zero-order valence-corrected chi connectivity index (χ0v) is 16.8. The number of anilines is 3. The highest BCUT2D eigenvalue weighted by atomic mass is 16.1. The maximum atomic E-state index is 11.6. The second-order valence-electron chi connectivity index (χ2n) is 7.45. The smallest absolute Gasteiger partial charge is 0.168 e. The van der Waals surface area contributed by atoms with Crippen molar-refractivity contribution in [2.45, 2.75) is 52.4 Å². The molecule has 0 fully saturated rings. The molecule has 6 heteroatoms. The number of nitriles is 1. The number of aryl methyl sites for hydroxylation is 1. The maximum absolute atomic E-state index is 11.6. The maximum Gasteiger partial charge on any atom is 0.168 e. The molecule has 0 unspecified atom stereocenters. The van der Waals surface area contributed by atoms with E-state index in [4.69, 9.17) is 4.98 Å². The van der Waals surface area contributed by atoms with Crippen molar-refractivity contribution >= 4 is 23.6 Å². The summed E-state index contributed by atoms with van der Waals surface area (Å²) < 4.78 is 0. The molecule has 0 atom stereocenters. The van der Waals surface area contributed by atoms with Gasteiger partial charge in [-0.25, -0.2) is 9.97 Å². The number of carbonyl (C=O) groups excluding carboxylic acids is 1. The minimum atomic E-state index is 0.246. The van der Waals surface area contributed by atoms with E-state index >= 15 is 0 Å². The molecule has 1 aliphatic heterocycles. The van der Waals surface area contributed by atoms with E-state index in [1.807, 2.05) is 6.07 Å². The van der Waals surface area contributed by atoms with Crippen LogP contribution in [0.1, 0.15) is 73.1 Å². The van der Waals surface area contributed by atoms with Crippen LogP contribution >= 0.6 is 0 Å². The second kappa shape index (κ2) is 8.83. The Balaban J connectivity index is 2.01. The van der Waals surface area contributed by atoms with Crippen LogP contribution in [0.4, 0.5) is 17.3 Å². The van der Waals surface area contributed by atoms with Crippen molar-refractivity contribution in [2.24, 2.45) is 0 Å². The Morgan fingerprint density at radius 1 is 1.39 bits per heavy atom. The number of rotatable bonds is 7. The lowest BCUT2D eigenvalue weighted by Crippen LogP contribution is -2.27. The fourth-order valence-electron chi connectivity index (χ4n) is 3.53. The Morgan fingerprint density at radius 2 is 2.21 bits per heavy atom. The van der Waals surface area contributed by atoms with Crippen molar-refractivity contribution in [3.05, 3.63) is 40.7 Å². The lowest BCUT2D eigenvalue weighted by Gasteiger charge is -2.30. The van der Waals surface area contributed by atoms with Crippen LogP contribution in [0, 0.1) is 11.3 Å². The average molecular weight is 377 g/mol. The molecule has 1 aliphatic rings. The van der Waals surface area contributed by atoms with Crippen molar-refractivity contribution in [1.82, 2.24) is 9.97 Å². The predicted molar refractivity (Wildman–Crippen MR) is 111 cm³/mol. The Hall–Kier alpha value is -2.94. The minimum absolute atomic E-state index is 0.246. The summed E-state index contributed by atoms with van der Waals surface area (Å²) in [6.07, 6.45) is 6.51. The monoisotopic (exact) mass is 377 g/mol. The molecule has 0 amide bonds. The highest BCUT2D eigenvalue weighted by molar-refractivity contribution is 5.78. The first kappa shape index (κ1) is 19.8. The zero-order valence-electron chi connectivity index (χ0n) is 16.8. The first-order chi connectivity index (χ1) is 13.6. The van der Waals surface area contributed by atoms with Gasteiger partial charge in [0.25, 0.3) is 0 Å². The van der Waals surface area contributed by atoms with Gasteiger partial charge in [-0.05, 0) is 42.4 Å². The molecular formula is C22H27N5O. The Labute approximate surface area is 166 Å². The number of fused-ring (bicyclic) bond motifs is 1. The molecule has 0 bridgehead atoms. The molecule has 146 valence electrons. The molecule has 0 aromatic carbocycles. The van der Waals surface area contributed by atoms with Crippen LogP contribution < -0.4 is 10.2 Å². The van der Waals surface area contributed by atoms with Gasteiger partial charge in [0.15, 0.2) is 6.29 Å². The van der Waals surface area contributed by atoms with Gasteiger partial charge in [-0.1, -0.05) is 27.2 Å². The summed E-state index contributed by atoms with van der Waals surface area (Å²) in [5, 5.41) is 12.7. The van der Waals surface area contributed by atoms with Gasteiger partial charge in [-0.3, -0.25) is 4.79 Å². The molecule has 3 heterocycles. The van der Waals surface area contributed by atoms with Crippen LogP contribution in [0.25, 0.3) is 0 Å². The van der Waals surface area contributed by atoms with E-state index in [1.54, 1.807) is 6.20 Å². The van der Waals surface area contributed by atoms with Crippen LogP contribution in [-0.4, -0.2) is 29.3 Å². The fraction of sp³-hybridized carbons (Fsp3) is 0.455. The van der Waals surface area contributed by atoms with Gasteiger partial charge in [0.05, 0.1) is 11.3 Å². The summed E-state index contributed by atoms with van der Waals surface area (Å²) >= 11 is 0. The van der Waals surface area contributed by atoms with E-state index in [9.17, 15) is 10.1 Å². The fourth-order valence-corrected chi connectivity index (χ4v) is 3.53. The van der Waals surface area contributed by atoms with Gasteiger partial charge < -0.3 is 10.2 Å². The molecule has 2 aromatic rings. The molecule has 0 aliphatic carbocycles. The van der Waals surface area contributed by atoms with Crippen LogP contribution in [-0.2, 0) is 6.42 Å². The van der Waals surface area contributed by atoms with Crippen LogP contribution in [0.15, 0.2) is 18.3 Å². The van der Waals surface area contributed by atoms with Crippen molar-refractivity contribution in [1.29, 1.82) is 5.26 Å². The number of aldehydes is 1. The number of hydrogen-bond acceptors (Lipinski definition) is 6. The van der Waals surface area contributed by atoms with Gasteiger partial charge in [0, 0.05) is 25.4 Å². The van der Waals surface area contributed by atoms with Crippen molar-refractivity contribution in [3.8, 4) is 6.07 Å². The summed E-state index contributed by atoms with van der Waals surface area (Å²) in [4.78, 5) is 22.9. The minimum Gasteiger partial charge on any atom is -0.384 e. The van der Waals surface area contributed by atoms with Crippen LogP contribution in [0.2, 0.25) is 0 Å². The summed E-state index contributed by atoms with van der Waals surface area (Å²) in [6, 6.07) is 6.24. The van der Waals surface area contributed by atoms with Crippen LogP contribution in [0.5, 0.6) is 0 Å². The Kier molecular flexibility index (Phi) is 6.25. The van der Waals surface area contributed by atoms with Crippen molar-refractivity contribution in [3.63, 3.8) is 0 Å². The second-order valence-corrected chi connectivity index (χ2v) is 7.45. The molecule has 0 saturated carbocycles. The number of nitrogens with zero attached hydrogens (tertiary/aromatic N) is 4. The molecule has 28 heavy (non-hydrogen) atoms. The molecule has 0 radical (unpaired) electrons. The average Bonchev–Trinajstić information content (AvgIpc) is 2.72. The number of unbranched alkanes of at least 4 members (excludes halogenated alkanes) is 1. The number of nitrogens with one attached hydrogen (secondary N) is 1. The van der Waals surface area contributed by atoms with E-state index in [0.29, 0.717) is 11.3 Å².